The summed E-state index contributed by atoms with van der Waals surface area (Å²) in [6.45, 7) is 5.84. The van der Waals surface area contributed by atoms with Crippen LogP contribution in [0, 0.1) is 5.41 Å². The molecule has 1 N–H and O–H groups in total. The first kappa shape index (κ1) is 12.1. The lowest BCUT2D eigenvalue weighted by molar-refractivity contribution is 0.224. The summed E-state index contributed by atoms with van der Waals surface area (Å²) in [6, 6.07) is 2.86. The molecule has 1 saturated carbocycles. The van der Waals surface area contributed by atoms with Gasteiger partial charge in [0.15, 0.2) is 0 Å². The molecule has 2 rings (SSSR count). The summed E-state index contributed by atoms with van der Waals surface area (Å²) in [5.41, 5.74) is 1.99. The Labute approximate surface area is 103 Å². The van der Waals surface area contributed by atoms with Crippen molar-refractivity contribution in [3.05, 3.63) is 22.4 Å². The zero-order chi connectivity index (χ0) is 11.4. The Morgan fingerprint density at radius 3 is 2.75 bits per heavy atom. The average molecular weight is 237 g/mol. The molecule has 0 radical (unpaired) electrons. The Hall–Kier alpha value is -0.340. The third-order valence-electron chi connectivity index (χ3n) is 3.92. The molecule has 2 heteroatoms. The van der Waals surface area contributed by atoms with Crippen molar-refractivity contribution in [2.75, 3.05) is 6.54 Å². The highest BCUT2D eigenvalue weighted by atomic mass is 32.1. The molecule has 1 atom stereocenters. The van der Waals surface area contributed by atoms with E-state index in [2.05, 4.69) is 36.0 Å². The van der Waals surface area contributed by atoms with Crippen molar-refractivity contribution in [1.82, 2.24) is 5.32 Å². The van der Waals surface area contributed by atoms with E-state index in [0.717, 1.165) is 6.54 Å². The molecule has 0 amide bonds. The fraction of sp³-hybridized carbons (Fsp3) is 0.714. The molecule has 1 aromatic heterocycles. The van der Waals surface area contributed by atoms with Gasteiger partial charge < -0.3 is 5.32 Å². The van der Waals surface area contributed by atoms with Crippen LogP contribution in [0.2, 0.25) is 0 Å². The smallest absolute Gasteiger partial charge is 0.0382 e. The van der Waals surface area contributed by atoms with E-state index in [1.807, 2.05) is 11.3 Å². The van der Waals surface area contributed by atoms with E-state index in [1.165, 1.54) is 37.7 Å². The van der Waals surface area contributed by atoms with Crippen molar-refractivity contribution in [2.45, 2.75) is 52.0 Å². The van der Waals surface area contributed by atoms with Crippen LogP contribution in [0.25, 0.3) is 0 Å². The minimum Gasteiger partial charge on any atom is -0.309 e. The molecule has 1 nitrogen and oxygen atoms in total. The molecule has 1 heterocycles. The van der Waals surface area contributed by atoms with Crippen LogP contribution in [0.1, 0.15) is 57.6 Å². The summed E-state index contributed by atoms with van der Waals surface area (Å²) in [5, 5.41) is 8.28. The molecular weight excluding hydrogens is 214 g/mol. The van der Waals surface area contributed by atoms with Gasteiger partial charge in [-0.1, -0.05) is 26.7 Å². The van der Waals surface area contributed by atoms with Crippen LogP contribution < -0.4 is 5.32 Å². The van der Waals surface area contributed by atoms with Gasteiger partial charge in [-0.05, 0) is 53.6 Å². The monoisotopic (exact) mass is 237 g/mol. The molecule has 0 aliphatic heterocycles. The van der Waals surface area contributed by atoms with Crippen molar-refractivity contribution < 1.29 is 0 Å². The highest BCUT2D eigenvalue weighted by Crippen LogP contribution is 2.47. The Balaban J connectivity index is 2.14. The summed E-state index contributed by atoms with van der Waals surface area (Å²) in [6.07, 6.45) is 6.79. The zero-order valence-electron chi connectivity index (χ0n) is 10.5. The highest BCUT2D eigenvalue weighted by molar-refractivity contribution is 7.07. The van der Waals surface area contributed by atoms with Crippen LogP contribution in [0.5, 0.6) is 0 Å². The number of hydrogen-bond donors (Lipinski definition) is 1. The molecule has 1 fully saturated rings. The predicted molar refractivity (Wildman–Crippen MR) is 71.9 cm³/mol. The maximum absolute atomic E-state index is 3.76. The molecule has 0 saturated heterocycles. The van der Waals surface area contributed by atoms with E-state index in [4.69, 9.17) is 0 Å². The molecule has 90 valence electrons. The average Bonchev–Trinajstić information content (AvgIpc) is 2.91. The van der Waals surface area contributed by atoms with Gasteiger partial charge in [-0.15, -0.1) is 0 Å². The first-order chi connectivity index (χ1) is 7.76. The van der Waals surface area contributed by atoms with E-state index in [-0.39, 0.29) is 0 Å². The van der Waals surface area contributed by atoms with E-state index >= 15 is 0 Å². The second-order valence-corrected chi connectivity index (χ2v) is 6.08. The van der Waals surface area contributed by atoms with Crippen molar-refractivity contribution in [3.8, 4) is 0 Å². The SMILES string of the molecule is CCCNC(c1ccsc1)C1(C)CCCC1. The Morgan fingerprint density at radius 2 is 2.19 bits per heavy atom. The minimum atomic E-state index is 0.482. The number of hydrogen-bond acceptors (Lipinski definition) is 2. The van der Waals surface area contributed by atoms with Gasteiger partial charge in [0.05, 0.1) is 0 Å². The third kappa shape index (κ3) is 2.49. The Bertz CT molecular complexity index is 299. The van der Waals surface area contributed by atoms with Gasteiger partial charge in [0.25, 0.3) is 0 Å². The molecule has 1 unspecified atom stereocenters. The lowest BCUT2D eigenvalue weighted by Crippen LogP contribution is -2.34. The minimum absolute atomic E-state index is 0.482. The van der Waals surface area contributed by atoms with Crippen LogP contribution >= 0.6 is 11.3 Å². The third-order valence-corrected chi connectivity index (χ3v) is 4.62. The quantitative estimate of drug-likeness (QED) is 0.802. The van der Waals surface area contributed by atoms with Gasteiger partial charge in [0.1, 0.15) is 0 Å². The van der Waals surface area contributed by atoms with Gasteiger partial charge in [-0.3, -0.25) is 0 Å². The second kappa shape index (κ2) is 5.33. The first-order valence-corrected chi connectivity index (χ1v) is 7.46. The van der Waals surface area contributed by atoms with Crippen molar-refractivity contribution in [1.29, 1.82) is 0 Å². The standard InChI is InChI=1S/C14H23NS/c1-3-9-15-13(12-6-10-16-11-12)14(2)7-4-5-8-14/h6,10-11,13,15H,3-5,7-9H2,1-2H3. The van der Waals surface area contributed by atoms with E-state index in [9.17, 15) is 0 Å². The summed E-state index contributed by atoms with van der Waals surface area (Å²) in [4.78, 5) is 0. The summed E-state index contributed by atoms with van der Waals surface area (Å²) < 4.78 is 0. The van der Waals surface area contributed by atoms with Gasteiger partial charge in [0, 0.05) is 6.04 Å². The molecule has 0 bridgehead atoms. The topological polar surface area (TPSA) is 12.0 Å². The van der Waals surface area contributed by atoms with Crippen LogP contribution in [-0.2, 0) is 0 Å². The lowest BCUT2D eigenvalue weighted by Gasteiger charge is -2.34. The largest absolute Gasteiger partial charge is 0.309 e. The molecule has 1 aliphatic rings. The fourth-order valence-corrected chi connectivity index (χ4v) is 3.65. The Morgan fingerprint density at radius 1 is 1.44 bits per heavy atom. The number of rotatable bonds is 5. The molecular formula is C14H23NS. The van der Waals surface area contributed by atoms with E-state index < -0.39 is 0 Å². The van der Waals surface area contributed by atoms with Crippen LogP contribution in [0.3, 0.4) is 0 Å². The van der Waals surface area contributed by atoms with E-state index in [0.29, 0.717) is 11.5 Å². The van der Waals surface area contributed by atoms with Crippen LogP contribution in [-0.4, -0.2) is 6.54 Å². The normalized spacial score (nSPS) is 21.1. The summed E-state index contributed by atoms with van der Waals surface area (Å²) in [5.74, 6) is 0. The molecule has 1 aliphatic carbocycles. The summed E-state index contributed by atoms with van der Waals surface area (Å²) in [7, 11) is 0. The highest BCUT2D eigenvalue weighted by Gasteiger charge is 2.37. The van der Waals surface area contributed by atoms with Crippen molar-refractivity contribution in [2.24, 2.45) is 5.41 Å². The maximum Gasteiger partial charge on any atom is 0.0382 e. The van der Waals surface area contributed by atoms with Crippen LogP contribution in [0.4, 0.5) is 0 Å². The molecule has 1 aromatic rings. The predicted octanol–water partition coefficient (Wildman–Crippen LogP) is 4.37. The van der Waals surface area contributed by atoms with Crippen molar-refractivity contribution in [3.63, 3.8) is 0 Å². The summed E-state index contributed by atoms with van der Waals surface area (Å²) >= 11 is 1.82. The van der Waals surface area contributed by atoms with Crippen LogP contribution in [0.15, 0.2) is 16.8 Å². The maximum atomic E-state index is 3.76. The zero-order valence-corrected chi connectivity index (χ0v) is 11.3. The van der Waals surface area contributed by atoms with Crippen molar-refractivity contribution >= 4 is 11.3 Å². The first-order valence-electron chi connectivity index (χ1n) is 6.52. The molecule has 16 heavy (non-hydrogen) atoms. The van der Waals surface area contributed by atoms with Gasteiger partial charge in [-0.25, -0.2) is 0 Å². The number of thiophene rings is 1. The van der Waals surface area contributed by atoms with Gasteiger partial charge in [-0.2, -0.15) is 11.3 Å². The Kier molecular flexibility index (Phi) is 4.04. The van der Waals surface area contributed by atoms with E-state index in [1.54, 1.807) is 0 Å². The van der Waals surface area contributed by atoms with Gasteiger partial charge >= 0.3 is 0 Å². The lowest BCUT2D eigenvalue weighted by atomic mass is 9.78. The molecule has 0 spiro atoms. The van der Waals surface area contributed by atoms with Gasteiger partial charge in [0.2, 0.25) is 0 Å². The molecule has 0 aromatic carbocycles. The number of nitrogens with one attached hydrogen (secondary N) is 1. The second-order valence-electron chi connectivity index (χ2n) is 5.30. The fourth-order valence-electron chi connectivity index (χ4n) is 2.97.